The average molecular weight is 935 g/mol. The Hall–Kier alpha value is -4.73. The van der Waals surface area contributed by atoms with Gasteiger partial charge < -0.3 is 48.8 Å². The number of aliphatic hydroxyl groups is 1. The van der Waals surface area contributed by atoms with Gasteiger partial charge in [-0.25, -0.2) is 4.79 Å². The van der Waals surface area contributed by atoms with Gasteiger partial charge in [-0.2, -0.15) is 0 Å². The lowest BCUT2D eigenvalue weighted by atomic mass is 9.92. The molecular formula is C52H78N4O11. The largest absolute Gasteiger partial charge is 0.478 e. The lowest BCUT2D eigenvalue weighted by Gasteiger charge is -2.41. The van der Waals surface area contributed by atoms with Crippen LogP contribution in [-0.2, 0) is 23.9 Å². The number of anilines is 2. The van der Waals surface area contributed by atoms with E-state index in [1.807, 2.05) is 49.6 Å². The van der Waals surface area contributed by atoms with Crippen LogP contribution >= 0.6 is 0 Å². The maximum Gasteiger partial charge on any atom is 0.357 e. The maximum absolute atomic E-state index is 13.8. The molecule has 2 saturated carbocycles. The highest BCUT2D eigenvalue weighted by atomic mass is 16.5. The van der Waals surface area contributed by atoms with E-state index in [4.69, 9.17) is 18.9 Å². The minimum absolute atomic E-state index is 0.0134. The summed E-state index contributed by atoms with van der Waals surface area (Å²) in [5, 5.41) is 19.7. The maximum atomic E-state index is 13.8. The van der Waals surface area contributed by atoms with Crippen molar-refractivity contribution < 1.29 is 53.1 Å². The van der Waals surface area contributed by atoms with Gasteiger partial charge in [0.05, 0.1) is 18.0 Å². The highest BCUT2D eigenvalue weighted by Gasteiger charge is 2.51. The van der Waals surface area contributed by atoms with Crippen molar-refractivity contribution in [3.63, 3.8) is 0 Å². The quantitative estimate of drug-likeness (QED) is 0.109. The molecule has 4 amide bonds. The molecule has 2 unspecified atom stereocenters. The third-order valence-electron chi connectivity index (χ3n) is 13.8. The van der Waals surface area contributed by atoms with Crippen LogP contribution in [0, 0.1) is 13.8 Å². The number of amides is 4. The average Bonchev–Trinajstić information content (AvgIpc) is 3.29. The molecule has 2 aromatic carbocycles. The SMILES string of the molecule is COCCCCN1C(=O)C(C)(C(=O)O)Oc2cc(C)c(C(=O)N(C(C)C)C3CCCCC3)cc21.COCCCCN1C(=O)C(C)(CO)Oc2cc(C)c(C(=O)N(C(C)C)C3CCCCC3)cc21. The number of nitrogens with zero attached hydrogens (tertiary/aromatic N) is 4. The Morgan fingerprint density at radius 1 is 0.672 bits per heavy atom. The van der Waals surface area contributed by atoms with E-state index in [-0.39, 0.29) is 41.9 Å². The summed E-state index contributed by atoms with van der Waals surface area (Å²) in [6.45, 7) is 16.4. The molecule has 6 rings (SSSR count). The van der Waals surface area contributed by atoms with E-state index in [9.17, 15) is 34.2 Å². The van der Waals surface area contributed by atoms with Gasteiger partial charge in [-0.1, -0.05) is 38.5 Å². The number of rotatable bonds is 18. The van der Waals surface area contributed by atoms with E-state index in [1.165, 1.54) is 24.7 Å². The van der Waals surface area contributed by atoms with Gasteiger partial charge in [0.1, 0.15) is 11.5 Å². The minimum atomic E-state index is -2.02. The smallest absolute Gasteiger partial charge is 0.357 e. The van der Waals surface area contributed by atoms with Crippen LogP contribution in [0.4, 0.5) is 11.4 Å². The number of carboxylic acids is 1. The van der Waals surface area contributed by atoms with E-state index in [1.54, 1.807) is 38.2 Å². The Balaban J connectivity index is 0.000000251. The molecule has 0 bridgehead atoms. The number of aliphatic hydroxyl groups excluding tert-OH is 1. The van der Waals surface area contributed by atoms with Crippen LogP contribution in [-0.4, -0.2) is 132 Å². The van der Waals surface area contributed by atoms with Crippen molar-refractivity contribution in [2.24, 2.45) is 0 Å². The first-order valence-corrected chi connectivity index (χ1v) is 24.6. The van der Waals surface area contributed by atoms with Gasteiger partial charge in [0.15, 0.2) is 0 Å². The Bertz CT molecular complexity index is 2060. The second-order valence-corrected chi connectivity index (χ2v) is 19.7. The first-order valence-electron chi connectivity index (χ1n) is 24.6. The lowest BCUT2D eigenvalue weighted by Crippen LogP contribution is -2.59. The van der Waals surface area contributed by atoms with Crippen molar-refractivity contribution in [3.05, 3.63) is 46.5 Å². The molecule has 2 aliphatic carbocycles. The summed E-state index contributed by atoms with van der Waals surface area (Å²) in [6, 6.07) is 7.65. The normalized spacial score (nSPS) is 21.0. The number of carbonyl (C=O) groups is 5. The molecule has 67 heavy (non-hydrogen) atoms. The fourth-order valence-electron chi connectivity index (χ4n) is 10.1. The van der Waals surface area contributed by atoms with Crippen LogP contribution in [0.15, 0.2) is 24.3 Å². The number of hydrogen-bond donors (Lipinski definition) is 2. The second-order valence-electron chi connectivity index (χ2n) is 19.7. The van der Waals surface area contributed by atoms with Gasteiger partial charge >= 0.3 is 5.97 Å². The predicted molar refractivity (Wildman–Crippen MR) is 258 cm³/mol. The van der Waals surface area contributed by atoms with Crippen molar-refractivity contribution in [3.8, 4) is 11.5 Å². The van der Waals surface area contributed by atoms with Crippen LogP contribution in [0.5, 0.6) is 11.5 Å². The van der Waals surface area contributed by atoms with E-state index >= 15 is 0 Å². The van der Waals surface area contributed by atoms with Crippen LogP contribution in [0.3, 0.4) is 0 Å². The molecule has 15 nitrogen and oxygen atoms in total. The number of aryl methyl sites for hydroxylation is 2. The number of methoxy groups -OCH3 is 2. The molecule has 0 saturated heterocycles. The highest BCUT2D eigenvalue weighted by molar-refractivity contribution is 6.15. The highest BCUT2D eigenvalue weighted by Crippen LogP contribution is 2.43. The molecule has 2 heterocycles. The molecule has 2 aliphatic heterocycles. The monoisotopic (exact) mass is 935 g/mol. The fraction of sp³-hybridized carbons (Fsp3) is 0.673. The van der Waals surface area contributed by atoms with E-state index in [0.717, 1.165) is 76.2 Å². The van der Waals surface area contributed by atoms with Gasteiger partial charge in [-0.15, -0.1) is 0 Å². The summed E-state index contributed by atoms with van der Waals surface area (Å²) >= 11 is 0. The van der Waals surface area contributed by atoms with Gasteiger partial charge in [0.2, 0.25) is 5.60 Å². The molecular weight excluding hydrogens is 857 g/mol. The third kappa shape index (κ3) is 11.9. The zero-order valence-electron chi connectivity index (χ0n) is 41.9. The molecule has 2 fully saturated rings. The number of ether oxygens (including phenoxy) is 4. The third-order valence-corrected chi connectivity index (χ3v) is 13.8. The van der Waals surface area contributed by atoms with Crippen molar-refractivity contribution in [1.29, 1.82) is 0 Å². The lowest BCUT2D eigenvalue weighted by molar-refractivity contribution is -0.161. The molecule has 0 radical (unpaired) electrons. The van der Waals surface area contributed by atoms with Crippen molar-refractivity contribution in [2.45, 2.75) is 181 Å². The Morgan fingerprint density at radius 2 is 1.07 bits per heavy atom. The minimum Gasteiger partial charge on any atom is -0.478 e. The van der Waals surface area contributed by atoms with Crippen molar-refractivity contribution >= 4 is 41.0 Å². The Morgan fingerprint density at radius 3 is 1.45 bits per heavy atom. The first-order chi connectivity index (χ1) is 31.8. The number of hydrogen-bond acceptors (Lipinski definition) is 10. The van der Waals surface area contributed by atoms with Crippen LogP contribution in [0.1, 0.15) is 163 Å². The fourth-order valence-corrected chi connectivity index (χ4v) is 10.1. The first kappa shape index (κ1) is 53.2. The van der Waals surface area contributed by atoms with E-state index in [0.29, 0.717) is 72.3 Å². The zero-order chi connectivity index (χ0) is 49.2. The number of fused-ring (bicyclic) bond motifs is 2. The van der Waals surface area contributed by atoms with Gasteiger partial charge in [-0.3, -0.25) is 19.2 Å². The molecule has 15 heteroatoms. The van der Waals surface area contributed by atoms with Crippen LogP contribution in [0.2, 0.25) is 0 Å². The van der Waals surface area contributed by atoms with Gasteiger partial charge in [-0.05, 0) is 142 Å². The molecule has 372 valence electrons. The van der Waals surface area contributed by atoms with Gasteiger partial charge in [0, 0.05) is 75.8 Å². The number of carboxylic acid groups (broad SMARTS) is 1. The van der Waals surface area contributed by atoms with Crippen LogP contribution in [0.25, 0.3) is 0 Å². The topological polar surface area (TPSA) is 176 Å². The molecule has 4 aliphatic rings. The number of carbonyl (C=O) groups excluding carboxylic acids is 4. The standard InChI is InChI=1S/C26H38N2O6.C26H40N2O5/c1-17(2)28(19-11-7-6-8-12-19)23(29)20-16-21-22(15-18(20)3)34-26(4,25(31)32)24(30)27(21)13-9-10-14-33-5;1-18(2)28(20-11-7-6-8-12-20)24(30)21-16-22-23(15-19(21)3)33-26(4,17-29)25(31)27(22)13-9-10-14-32-5/h15-17,19H,6-14H2,1-5H3,(H,31,32);15-16,18,20,29H,6-14,17H2,1-5H3. The van der Waals surface area contributed by atoms with Crippen molar-refractivity contribution in [1.82, 2.24) is 9.80 Å². The Kier molecular flexibility index (Phi) is 18.7. The summed E-state index contributed by atoms with van der Waals surface area (Å²) < 4.78 is 22.0. The van der Waals surface area contributed by atoms with E-state index in [2.05, 4.69) is 13.8 Å². The molecule has 2 N–H and O–H groups in total. The Labute approximate surface area is 398 Å². The molecule has 2 atom stereocenters. The number of aliphatic carboxylic acids is 1. The summed E-state index contributed by atoms with van der Waals surface area (Å²) in [6.07, 6.45) is 14.0. The summed E-state index contributed by atoms with van der Waals surface area (Å²) in [4.78, 5) is 73.2. The molecule has 2 aromatic rings. The molecule has 0 aromatic heterocycles. The van der Waals surface area contributed by atoms with Crippen LogP contribution < -0.4 is 19.3 Å². The second kappa shape index (κ2) is 23.5. The molecule has 0 spiro atoms. The number of benzene rings is 2. The number of unbranched alkanes of at least 4 members (excludes halogenated alkanes) is 2. The van der Waals surface area contributed by atoms with E-state index < -0.39 is 29.7 Å². The predicted octanol–water partition coefficient (Wildman–Crippen LogP) is 8.25. The summed E-state index contributed by atoms with van der Waals surface area (Å²) in [7, 11) is 3.27. The summed E-state index contributed by atoms with van der Waals surface area (Å²) in [5.74, 6) is -1.48. The van der Waals surface area contributed by atoms with Gasteiger partial charge in [0.25, 0.3) is 29.2 Å². The summed E-state index contributed by atoms with van der Waals surface area (Å²) in [5.41, 5.74) is 0.346. The van der Waals surface area contributed by atoms with Crippen molar-refractivity contribution in [2.75, 3.05) is 56.9 Å². The zero-order valence-corrected chi connectivity index (χ0v) is 41.9.